The monoisotopic (exact) mass is 268 g/mol. The molecule has 0 saturated heterocycles. The molecule has 102 valence electrons. The van der Waals surface area contributed by atoms with Crippen molar-refractivity contribution in [3.05, 3.63) is 70.8 Å². The Labute approximate surface area is 117 Å². The quantitative estimate of drug-likeness (QED) is 0.683. The molecule has 0 heterocycles. The maximum absolute atomic E-state index is 12.6. The van der Waals surface area contributed by atoms with Crippen LogP contribution in [0.25, 0.3) is 0 Å². The van der Waals surface area contributed by atoms with Crippen LogP contribution in [0.15, 0.2) is 48.5 Å². The second-order valence-electron chi connectivity index (χ2n) is 4.81. The standard InChI is InChI=1S/C17H16O3/c1-11-7-6-8-12(2)14(11)16(18)15(17(19)20)13-9-4-3-5-10-13/h3-10,15H,1-2H3,(H,19,20). The highest BCUT2D eigenvalue weighted by molar-refractivity contribution is 6.13. The Kier molecular flexibility index (Phi) is 3.99. The average molecular weight is 268 g/mol. The van der Waals surface area contributed by atoms with E-state index in [0.29, 0.717) is 11.1 Å². The molecule has 1 atom stereocenters. The largest absolute Gasteiger partial charge is 0.480 e. The van der Waals surface area contributed by atoms with Crippen LogP contribution in [-0.2, 0) is 4.79 Å². The van der Waals surface area contributed by atoms with E-state index in [4.69, 9.17) is 0 Å². The fourth-order valence-electron chi connectivity index (χ4n) is 2.40. The van der Waals surface area contributed by atoms with E-state index in [2.05, 4.69) is 0 Å². The molecule has 0 aliphatic rings. The Bertz CT molecular complexity index is 624. The second-order valence-corrected chi connectivity index (χ2v) is 4.81. The SMILES string of the molecule is Cc1cccc(C)c1C(=O)C(C(=O)O)c1ccccc1. The summed E-state index contributed by atoms with van der Waals surface area (Å²) in [6.45, 7) is 3.65. The Morgan fingerprint density at radius 1 is 0.900 bits per heavy atom. The van der Waals surface area contributed by atoms with Crippen molar-refractivity contribution in [3.63, 3.8) is 0 Å². The summed E-state index contributed by atoms with van der Waals surface area (Å²) in [5.41, 5.74) is 2.62. The molecule has 0 radical (unpaired) electrons. The number of Topliss-reactive ketones (excluding diaryl/α,β-unsaturated/α-hetero) is 1. The number of carboxylic acid groups (broad SMARTS) is 1. The van der Waals surface area contributed by atoms with Crippen molar-refractivity contribution >= 4 is 11.8 Å². The number of carboxylic acids is 1. The van der Waals surface area contributed by atoms with Crippen LogP contribution in [-0.4, -0.2) is 16.9 Å². The van der Waals surface area contributed by atoms with Crippen LogP contribution < -0.4 is 0 Å². The zero-order valence-electron chi connectivity index (χ0n) is 11.5. The zero-order chi connectivity index (χ0) is 14.7. The molecule has 0 aliphatic carbocycles. The van der Waals surface area contributed by atoms with E-state index in [9.17, 15) is 14.7 Å². The maximum atomic E-state index is 12.6. The first-order chi connectivity index (χ1) is 9.52. The molecule has 3 nitrogen and oxygen atoms in total. The summed E-state index contributed by atoms with van der Waals surface area (Å²) < 4.78 is 0. The van der Waals surface area contributed by atoms with E-state index in [-0.39, 0.29) is 5.78 Å². The summed E-state index contributed by atoms with van der Waals surface area (Å²) in [5, 5.41) is 9.42. The van der Waals surface area contributed by atoms with Gasteiger partial charge in [0.15, 0.2) is 5.78 Å². The van der Waals surface area contributed by atoms with Gasteiger partial charge >= 0.3 is 5.97 Å². The van der Waals surface area contributed by atoms with E-state index in [1.807, 2.05) is 32.0 Å². The number of rotatable bonds is 4. The molecular formula is C17H16O3. The number of carbonyl (C=O) groups is 2. The molecular weight excluding hydrogens is 252 g/mol. The third kappa shape index (κ3) is 2.62. The lowest BCUT2D eigenvalue weighted by Gasteiger charge is -2.15. The number of aliphatic carboxylic acids is 1. The molecule has 0 bridgehead atoms. The number of ketones is 1. The molecule has 0 fully saturated rings. The van der Waals surface area contributed by atoms with Gasteiger partial charge in [-0.2, -0.15) is 0 Å². The summed E-state index contributed by atoms with van der Waals surface area (Å²) in [5.74, 6) is -2.64. The third-order valence-corrected chi connectivity index (χ3v) is 3.37. The summed E-state index contributed by atoms with van der Waals surface area (Å²) in [6.07, 6.45) is 0. The van der Waals surface area contributed by atoms with Gasteiger partial charge in [-0.05, 0) is 30.5 Å². The van der Waals surface area contributed by atoms with Crippen LogP contribution in [0, 0.1) is 13.8 Å². The lowest BCUT2D eigenvalue weighted by molar-refractivity contribution is -0.137. The van der Waals surface area contributed by atoms with Gasteiger partial charge in [0.2, 0.25) is 0 Å². The number of aryl methyl sites for hydroxylation is 2. The number of benzene rings is 2. The van der Waals surface area contributed by atoms with Crippen molar-refractivity contribution < 1.29 is 14.7 Å². The summed E-state index contributed by atoms with van der Waals surface area (Å²) >= 11 is 0. The highest BCUT2D eigenvalue weighted by Gasteiger charge is 2.30. The molecule has 3 heteroatoms. The number of carbonyl (C=O) groups excluding carboxylic acids is 1. The Hall–Kier alpha value is -2.42. The molecule has 0 aliphatic heterocycles. The second kappa shape index (κ2) is 5.70. The molecule has 20 heavy (non-hydrogen) atoms. The molecule has 2 aromatic rings. The van der Waals surface area contributed by atoms with Gasteiger partial charge in [-0.25, -0.2) is 0 Å². The van der Waals surface area contributed by atoms with Gasteiger partial charge in [-0.15, -0.1) is 0 Å². The fraction of sp³-hybridized carbons (Fsp3) is 0.176. The van der Waals surface area contributed by atoms with Crippen LogP contribution in [0.2, 0.25) is 0 Å². The van der Waals surface area contributed by atoms with Gasteiger partial charge in [0.25, 0.3) is 0 Å². The molecule has 0 amide bonds. The van der Waals surface area contributed by atoms with Crippen molar-refractivity contribution in [1.82, 2.24) is 0 Å². The lowest BCUT2D eigenvalue weighted by atomic mass is 9.87. The van der Waals surface area contributed by atoms with Gasteiger partial charge in [0.1, 0.15) is 5.92 Å². The molecule has 2 rings (SSSR count). The normalized spacial score (nSPS) is 11.9. The van der Waals surface area contributed by atoms with Crippen LogP contribution in [0.1, 0.15) is 33.0 Å². The van der Waals surface area contributed by atoms with Crippen molar-refractivity contribution in [2.45, 2.75) is 19.8 Å². The Morgan fingerprint density at radius 2 is 1.45 bits per heavy atom. The van der Waals surface area contributed by atoms with Crippen molar-refractivity contribution in [3.8, 4) is 0 Å². The van der Waals surface area contributed by atoms with Gasteiger partial charge in [0, 0.05) is 5.56 Å². The molecule has 0 spiro atoms. The van der Waals surface area contributed by atoms with E-state index in [1.165, 1.54) is 0 Å². The van der Waals surface area contributed by atoms with Crippen molar-refractivity contribution in [1.29, 1.82) is 0 Å². The fourth-order valence-corrected chi connectivity index (χ4v) is 2.40. The molecule has 2 aromatic carbocycles. The minimum Gasteiger partial charge on any atom is -0.480 e. The average Bonchev–Trinajstić information content (AvgIpc) is 2.39. The van der Waals surface area contributed by atoms with Gasteiger partial charge in [-0.3, -0.25) is 9.59 Å². The summed E-state index contributed by atoms with van der Waals surface area (Å²) in [6, 6.07) is 14.1. The van der Waals surface area contributed by atoms with Crippen LogP contribution in [0.3, 0.4) is 0 Å². The van der Waals surface area contributed by atoms with E-state index >= 15 is 0 Å². The smallest absolute Gasteiger partial charge is 0.318 e. The number of hydrogen-bond acceptors (Lipinski definition) is 2. The van der Waals surface area contributed by atoms with Gasteiger partial charge in [-0.1, -0.05) is 48.5 Å². The topological polar surface area (TPSA) is 54.4 Å². The highest BCUT2D eigenvalue weighted by atomic mass is 16.4. The number of hydrogen-bond donors (Lipinski definition) is 1. The minimum absolute atomic E-state index is 0.362. The lowest BCUT2D eigenvalue weighted by Crippen LogP contribution is -2.23. The Balaban J connectivity index is 2.51. The van der Waals surface area contributed by atoms with E-state index in [0.717, 1.165) is 11.1 Å². The first kappa shape index (κ1) is 14.0. The molecule has 0 aromatic heterocycles. The van der Waals surface area contributed by atoms with Crippen LogP contribution in [0.4, 0.5) is 0 Å². The van der Waals surface area contributed by atoms with Gasteiger partial charge < -0.3 is 5.11 Å². The highest BCUT2D eigenvalue weighted by Crippen LogP contribution is 2.25. The van der Waals surface area contributed by atoms with E-state index < -0.39 is 11.9 Å². The minimum atomic E-state index is -1.16. The molecule has 1 N–H and O–H groups in total. The Morgan fingerprint density at radius 3 is 1.95 bits per heavy atom. The summed E-state index contributed by atoms with van der Waals surface area (Å²) in [4.78, 5) is 24.2. The first-order valence-electron chi connectivity index (χ1n) is 6.40. The van der Waals surface area contributed by atoms with E-state index in [1.54, 1.807) is 30.3 Å². The maximum Gasteiger partial charge on any atom is 0.318 e. The van der Waals surface area contributed by atoms with Crippen molar-refractivity contribution in [2.24, 2.45) is 0 Å². The first-order valence-corrected chi connectivity index (χ1v) is 6.40. The van der Waals surface area contributed by atoms with Crippen LogP contribution in [0.5, 0.6) is 0 Å². The predicted molar refractivity (Wildman–Crippen MR) is 77.1 cm³/mol. The van der Waals surface area contributed by atoms with Gasteiger partial charge in [0.05, 0.1) is 0 Å². The predicted octanol–water partition coefficient (Wildman–Crippen LogP) is 3.35. The summed E-state index contributed by atoms with van der Waals surface area (Å²) in [7, 11) is 0. The van der Waals surface area contributed by atoms with Crippen molar-refractivity contribution in [2.75, 3.05) is 0 Å². The molecule has 0 saturated carbocycles. The molecule has 1 unspecified atom stereocenters. The van der Waals surface area contributed by atoms with Crippen LogP contribution >= 0.6 is 0 Å². The zero-order valence-corrected chi connectivity index (χ0v) is 11.5. The third-order valence-electron chi connectivity index (χ3n) is 3.37.